The van der Waals surface area contributed by atoms with Crippen molar-refractivity contribution in [3.63, 3.8) is 0 Å². The summed E-state index contributed by atoms with van der Waals surface area (Å²) in [4.78, 5) is 28.9. The van der Waals surface area contributed by atoms with Crippen LogP contribution in [0.15, 0.2) is 75.9 Å². The highest BCUT2D eigenvalue weighted by Gasteiger charge is 2.15. The van der Waals surface area contributed by atoms with Crippen molar-refractivity contribution in [1.82, 2.24) is 9.66 Å². The highest BCUT2D eigenvalue weighted by molar-refractivity contribution is 7.17. The first-order valence-electron chi connectivity index (χ1n) is 9.07. The number of para-hydroxylation sites is 1. The number of nitro groups is 1. The Balaban J connectivity index is 1.71. The molecule has 0 saturated heterocycles. The monoisotopic (exact) mass is 416 g/mol. The molecule has 148 valence electrons. The quantitative estimate of drug-likeness (QED) is 0.263. The zero-order valence-corrected chi connectivity index (χ0v) is 16.7. The molecule has 4 rings (SSSR count). The van der Waals surface area contributed by atoms with Crippen LogP contribution in [0.25, 0.3) is 27.4 Å². The van der Waals surface area contributed by atoms with Crippen LogP contribution in [0.5, 0.6) is 0 Å². The van der Waals surface area contributed by atoms with Crippen molar-refractivity contribution < 1.29 is 4.92 Å². The van der Waals surface area contributed by atoms with Crippen molar-refractivity contribution in [2.75, 3.05) is 0 Å². The average Bonchev–Trinajstić information content (AvgIpc) is 3.17. The maximum atomic E-state index is 13.1. The van der Waals surface area contributed by atoms with E-state index in [1.165, 1.54) is 28.3 Å². The predicted octanol–water partition coefficient (Wildman–Crippen LogP) is 4.89. The molecule has 0 aliphatic rings. The lowest BCUT2D eigenvalue weighted by atomic mass is 10.1. The summed E-state index contributed by atoms with van der Waals surface area (Å²) in [6.45, 7) is 1.71. The second-order valence-corrected chi connectivity index (χ2v) is 7.27. The molecule has 0 saturated carbocycles. The first-order chi connectivity index (χ1) is 14.6. The summed E-state index contributed by atoms with van der Waals surface area (Å²) in [7, 11) is 0. The fourth-order valence-electron chi connectivity index (χ4n) is 3.10. The minimum Gasteiger partial charge on any atom is -0.267 e. The molecule has 0 spiro atoms. The van der Waals surface area contributed by atoms with Crippen LogP contribution < -0.4 is 5.56 Å². The fourth-order valence-corrected chi connectivity index (χ4v) is 4.08. The van der Waals surface area contributed by atoms with E-state index in [0.717, 1.165) is 11.1 Å². The van der Waals surface area contributed by atoms with E-state index in [2.05, 4.69) is 10.1 Å². The zero-order valence-electron chi connectivity index (χ0n) is 15.9. The normalized spacial score (nSPS) is 11.6. The summed E-state index contributed by atoms with van der Waals surface area (Å²) in [5.74, 6) is 0.462. The van der Waals surface area contributed by atoms with E-state index in [0.29, 0.717) is 21.6 Å². The van der Waals surface area contributed by atoms with Gasteiger partial charge >= 0.3 is 0 Å². The molecule has 4 aromatic rings. The summed E-state index contributed by atoms with van der Waals surface area (Å²) in [6, 6.07) is 16.1. The van der Waals surface area contributed by atoms with E-state index in [1.807, 2.05) is 35.7 Å². The number of hydrogen-bond acceptors (Lipinski definition) is 6. The smallest absolute Gasteiger partial charge is 0.267 e. The van der Waals surface area contributed by atoms with Crippen molar-refractivity contribution >= 4 is 39.5 Å². The standard InChI is InChI=1S/C22H16N4O3S/c1-15-24-21-20(18(14-30-21)16-8-3-2-4-9-16)22(27)25(15)23-13-7-11-17-10-5-6-12-19(17)26(28)29/h2-14H,1H3/b11-7+,23-13+. The third kappa shape index (κ3) is 3.68. The van der Waals surface area contributed by atoms with Gasteiger partial charge in [-0.25, -0.2) is 4.98 Å². The number of fused-ring (bicyclic) bond motifs is 1. The van der Waals surface area contributed by atoms with Crippen molar-refractivity contribution in [3.05, 3.63) is 97.9 Å². The lowest BCUT2D eigenvalue weighted by Gasteiger charge is -2.04. The van der Waals surface area contributed by atoms with Gasteiger partial charge in [-0.15, -0.1) is 11.3 Å². The van der Waals surface area contributed by atoms with Crippen LogP contribution in [-0.4, -0.2) is 20.8 Å². The van der Waals surface area contributed by atoms with Gasteiger partial charge in [0.25, 0.3) is 11.2 Å². The Hall–Kier alpha value is -3.91. The van der Waals surface area contributed by atoms with Gasteiger partial charge in [0.2, 0.25) is 0 Å². The Kier molecular flexibility index (Phi) is 5.32. The summed E-state index contributed by atoms with van der Waals surface area (Å²) < 4.78 is 1.24. The van der Waals surface area contributed by atoms with E-state index >= 15 is 0 Å². The molecule has 0 amide bonds. The molecular formula is C22H16N4O3S. The molecule has 30 heavy (non-hydrogen) atoms. The number of aryl methyl sites for hydroxylation is 1. The number of hydrogen-bond donors (Lipinski definition) is 0. The molecule has 0 fully saturated rings. The van der Waals surface area contributed by atoms with E-state index in [1.54, 1.807) is 37.3 Å². The van der Waals surface area contributed by atoms with Gasteiger partial charge in [0, 0.05) is 23.2 Å². The van der Waals surface area contributed by atoms with Crippen molar-refractivity contribution in [2.45, 2.75) is 6.92 Å². The van der Waals surface area contributed by atoms with Crippen molar-refractivity contribution in [1.29, 1.82) is 0 Å². The molecule has 2 aromatic heterocycles. The Morgan fingerprint density at radius 1 is 1.13 bits per heavy atom. The molecular weight excluding hydrogens is 400 g/mol. The molecule has 2 aromatic carbocycles. The maximum absolute atomic E-state index is 13.1. The van der Waals surface area contributed by atoms with Crippen LogP contribution in [0.1, 0.15) is 11.4 Å². The fraction of sp³-hybridized carbons (Fsp3) is 0.0455. The van der Waals surface area contributed by atoms with Gasteiger partial charge in [0.15, 0.2) is 0 Å². The number of thiophene rings is 1. The largest absolute Gasteiger partial charge is 0.283 e. The van der Waals surface area contributed by atoms with Gasteiger partial charge in [-0.1, -0.05) is 42.5 Å². The molecule has 0 bridgehead atoms. The van der Waals surface area contributed by atoms with Gasteiger partial charge in [-0.05, 0) is 30.7 Å². The topological polar surface area (TPSA) is 90.4 Å². The minimum absolute atomic E-state index is 0.00404. The van der Waals surface area contributed by atoms with E-state index in [4.69, 9.17) is 0 Å². The predicted molar refractivity (Wildman–Crippen MR) is 120 cm³/mol. The van der Waals surface area contributed by atoms with E-state index in [-0.39, 0.29) is 11.2 Å². The second kappa shape index (κ2) is 8.22. The van der Waals surface area contributed by atoms with Gasteiger partial charge in [0.05, 0.1) is 15.9 Å². The molecule has 0 atom stereocenters. The van der Waals surface area contributed by atoms with Gasteiger partial charge in [-0.2, -0.15) is 9.78 Å². The molecule has 8 heteroatoms. The van der Waals surface area contributed by atoms with E-state index in [9.17, 15) is 14.9 Å². The average molecular weight is 416 g/mol. The summed E-state index contributed by atoms with van der Waals surface area (Å²) >= 11 is 1.42. The molecule has 7 nitrogen and oxygen atoms in total. The SMILES string of the molecule is Cc1nc2scc(-c3ccccc3)c2c(=O)n1/N=C/C=C/c1ccccc1[N+](=O)[O-]. The molecule has 0 N–H and O–H groups in total. The van der Waals surface area contributed by atoms with Gasteiger partial charge < -0.3 is 0 Å². The Morgan fingerprint density at radius 3 is 2.63 bits per heavy atom. The van der Waals surface area contributed by atoms with Crippen LogP contribution in [0.3, 0.4) is 0 Å². The van der Waals surface area contributed by atoms with E-state index < -0.39 is 4.92 Å². The van der Waals surface area contributed by atoms with Crippen LogP contribution in [0, 0.1) is 17.0 Å². The zero-order chi connectivity index (χ0) is 21.1. The molecule has 0 aliphatic carbocycles. The Morgan fingerprint density at radius 2 is 1.87 bits per heavy atom. The lowest BCUT2D eigenvalue weighted by Crippen LogP contribution is -2.20. The number of benzene rings is 2. The molecule has 0 radical (unpaired) electrons. The maximum Gasteiger partial charge on any atom is 0.283 e. The molecule has 0 unspecified atom stereocenters. The van der Waals surface area contributed by atoms with Crippen molar-refractivity contribution in [2.24, 2.45) is 5.10 Å². The third-order valence-corrected chi connectivity index (χ3v) is 5.38. The first-order valence-corrected chi connectivity index (χ1v) is 9.95. The van der Waals surface area contributed by atoms with Crippen LogP contribution in [0.2, 0.25) is 0 Å². The summed E-state index contributed by atoms with van der Waals surface area (Å²) in [5.41, 5.74) is 1.97. The third-order valence-electron chi connectivity index (χ3n) is 4.51. The highest BCUT2D eigenvalue weighted by atomic mass is 32.1. The van der Waals surface area contributed by atoms with Gasteiger partial charge in [-0.3, -0.25) is 14.9 Å². The van der Waals surface area contributed by atoms with Crippen LogP contribution >= 0.6 is 11.3 Å². The molecule has 2 heterocycles. The minimum atomic E-state index is -0.439. The number of nitro benzene ring substituents is 1. The Labute approximate surface area is 175 Å². The lowest BCUT2D eigenvalue weighted by molar-refractivity contribution is -0.385. The number of aromatic nitrogens is 2. The number of allylic oxidation sites excluding steroid dienone is 1. The number of rotatable bonds is 5. The highest BCUT2D eigenvalue weighted by Crippen LogP contribution is 2.30. The summed E-state index contributed by atoms with van der Waals surface area (Å²) in [6.07, 6.45) is 4.56. The molecule has 0 aliphatic heterocycles. The van der Waals surface area contributed by atoms with Crippen LogP contribution in [-0.2, 0) is 0 Å². The van der Waals surface area contributed by atoms with Gasteiger partial charge in [0.1, 0.15) is 10.7 Å². The number of nitrogens with zero attached hydrogens (tertiary/aromatic N) is 4. The second-order valence-electron chi connectivity index (χ2n) is 6.41. The first kappa shape index (κ1) is 19.4. The van der Waals surface area contributed by atoms with Crippen LogP contribution in [0.4, 0.5) is 5.69 Å². The van der Waals surface area contributed by atoms with Crippen molar-refractivity contribution in [3.8, 4) is 11.1 Å². The summed E-state index contributed by atoms with van der Waals surface area (Å²) in [5, 5.41) is 17.8. The Bertz CT molecular complexity index is 1350.